The molecule has 1 saturated carbocycles. The Hall–Kier alpha value is -1.56. The highest BCUT2D eigenvalue weighted by Gasteiger charge is 2.21. The Labute approximate surface area is 173 Å². The molecule has 0 atom stereocenters. The summed E-state index contributed by atoms with van der Waals surface area (Å²) in [5, 5.41) is 0. The first kappa shape index (κ1) is 21.2. The molecule has 2 aromatic rings. The highest BCUT2D eigenvalue weighted by molar-refractivity contribution is 5.24. The van der Waals surface area contributed by atoms with Crippen molar-refractivity contribution in [1.29, 1.82) is 0 Å². The van der Waals surface area contributed by atoms with Crippen molar-refractivity contribution >= 4 is 0 Å². The van der Waals surface area contributed by atoms with E-state index >= 15 is 0 Å². The van der Waals surface area contributed by atoms with Crippen LogP contribution in [0.1, 0.15) is 87.5 Å². The third kappa shape index (κ3) is 6.80. The molecule has 1 aliphatic carbocycles. The van der Waals surface area contributed by atoms with Gasteiger partial charge in [0.1, 0.15) is 0 Å². The van der Waals surface area contributed by atoms with Gasteiger partial charge in [-0.1, -0.05) is 75.2 Å². The SMILES string of the molecule is CCCCc1ccc(CC2CCC(Cc3ccc(CCCC)cc3)CC2)cc1. The van der Waals surface area contributed by atoms with Crippen molar-refractivity contribution in [2.45, 2.75) is 90.9 Å². The van der Waals surface area contributed by atoms with Crippen LogP contribution in [0.5, 0.6) is 0 Å². The highest BCUT2D eigenvalue weighted by atomic mass is 14.3. The second-order valence-corrected chi connectivity index (χ2v) is 9.14. The minimum Gasteiger partial charge on any atom is -0.0654 e. The summed E-state index contributed by atoms with van der Waals surface area (Å²) >= 11 is 0. The monoisotopic (exact) mass is 376 g/mol. The molecule has 1 aliphatic rings. The van der Waals surface area contributed by atoms with Gasteiger partial charge in [-0.3, -0.25) is 0 Å². The predicted molar refractivity (Wildman–Crippen MR) is 123 cm³/mol. The van der Waals surface area contributed by atoms with E-state index < -0.39 is 0 Å². The van der Waals surface area contributed by atoms with Crippen molar-refractivity contribution < 1.29 is 0 Å². The van der Waals surface area contributed by atoms with Crippen molar-refractivity contribution in [2.75, 3.05) is 0 Å². The molecule has 1 fully saturated rings. The molecule has 0 amide bonds. The van der Waals surface area contributed by atoms with Gasteiger partial charge in [0.05, 0.1) is 0 Å². The number of aryl methyl sites for hydroxylation is 2. The van der Waals surface area contributed by atoms with Gasteiger partial charge in [-0.25, -0.2) is 0 Å². The van der Waals surface area contributed by atoms with Crippen LogP contribution in [0.25, 0.3) is 0 Å². The molecular weight excluding hydrogens is 336 g/mol. The van der Waals surface area contributed by atoms with E-state index in [1.165, 1.54) is 88.2 Å². The molecule has 0 bridgehead atoms. The van der Waals surface area contributed by atoms with Crippen LogP contribution in [0, 0.1) is 11.8 Å². The number of rotatable bonds is 10. The van der Waals surface area contributed by atoms with Gasteiger partial charge in [-0.05, 0) is 98.3 Å². The molecule has 0 nitrogen and oxygen atoms in total. The molecule has 0 saturated heterocycles. The summed E-state index contributed by atoms with van der Waals surface area (Å²) in [4.78, 5) is 0. The van der Waals surface area contributed by atoms with Crippen molar-refractivity contribution in [3.8, 4) is 0 Å². The lowest BCUT2D eigenvalue weighted by Gasteiger charge is -2.28. The molecule has 0 aliphatic heterocycles. The third-order valence-corrected chi connectivity index (χ3v) is 6.70. The Morgan fingerprint density at radius 1 is 0.536 bits per heavy atom. The summed E-state index contributed by atoms with van der Waals surface area (Å²) in [5.41, 5.74) is 6.11. The predicted octanol–water partition coefficient (Wildman–Crippen LogP) is 7.96. The van der Waals surface area contributed by atoms with E-state index in [0.29, 0.717) is 0 Å². The van der Waals surface area contributed by atoms with Gasteiger partial charge >= 0.3 is 0 Å². The molecule has 0 radical (unpaired) electrons. The molecule has 0 unspecified atom stereocenters. The van der Waals surface area contributed by atoms with Crippen LogP contribution in [-0.4, -0.2) is 0 Å². The molecule has 28 heavy (non-hydrogen) atoms. The lowest BCUT2D eigenvalue weighted by molar-refractivity contribution is 0.272. The van der Waals surface area contributed by atoms with Crippen molar-refractivity contribution in [1.82, 2.24) is 0 Å². The van der Waals surface area contributed by atoms with E-state index in [9.17, 15) is 0 Å². The van der Waals surface area contributed by atoms with Gasteiger partial charge < -0.3 is 0 Å². The topological polar surface area (TPSA) is 0 Å². The minimum atomic E-state index is 0.897. The molecule has 0 heterocycles. The molecule has 0 heteroatoms. The Morgan fingerprint density at radius 3 is 1.18 bits per heavy atom. The molecule has 2 aromatic carbocycles. The summed E-state index contributed by atoms with van der Waals surface area (Å²) in [6.45, 7) is 4.54. The zero-order chi connectivity index (χ0) is 19.6. The van der Waals surface area contributed by atoms with Crippen LogP contribution in [0.3, 0.4) is 0 Å². The minimum absolute atomic E-state index is 0.897. The molecule has 3 rings (SSSR count). The van der Waals surface area contributed by atoms with Crippen LogP contribution >= 0.6 is 0 Å². The second-order valence-electron chi connectivity index (χ2n) is 9.14. The van der Waals surface area contributed by atoms with Gasteiger partial charge in [0.15, 0.2) is 0 Å². The largest absolute Gasteiger partial charge is 0.0654 e. The number of benzene rings is 2. The van der Waals surface area contributed by atoms with Crippen LogP contribution in [0.4, 0.5) is 0 Å². The fraction of sp³-hybridized carbons (Fsp3) is 0.571. The zero-order valence-corrected chi connectivity index (χ0v) is 18.3. The number of hydrogen-bond acceptors (Lipinski definition) is 0. The lowest BCUT2D eigenvalue weighted by atomic mass is 9.77. The second kappa shape index (κ2) is 11.4. The van der Waals surface area contributed by atoms with Gasteiger partial charge in [0.2, 0.25) is 0 Å². The molecule has 0 aromatic heterocycles. The standard InChI is InChI=1S/C28H40/c1-3-5-7-23-9-13-25(14-10-23)21-27-17-19-28(20-18-27)22-26-15-11-24(12-16-26)8-6-4-2/h9-16,27-28H,3-8,17-22H2,1-2H3. The zero-order valence-electron chi connectivity index (χ0n) is 18.3. The smallest absolute Gasteiger partial charge is 0.0250 e. The quantitative estimate of drug-likeness (QED) is 0.394. The summed E-state index contributed by atoms with van der Waals surface area (Å²) in [7, 11) is 0. The van der Waals surface area contributed by atoms with Crippen LogP contribution < -0.4 is 0 Å². The fourth-order valence-corrected chi connectivity index (χ4v) is 4.75. The van der Waals surface area contributed by atoms with Gasteiger partial charge in [0.25, 0.3) is 0 Å². The van der Waals surface area contributed by atoms with E-state index in [0.717, 1.165) is 11.8 Å². The molecule has 152 valence electrons. The van der Waals surface area contributed by atoms with E-state index in [4.69, 9.17) is 0 Å². The third-order valence-electron chi connectivity index (χ3n) is 6.70. The Bertz CT molecular complexity index is 595. The first-order valence-corrected chi connectivity index (χ1v) is 11.9. The van der Waals surface area contributed by atoms with Crippen LogP contribution in [-0.2, 0) is 25.7 Å². The maximum absolute atomic E-state index is 2.39. The van der Waals surface area contributed by atoms with Crippen molar-refractivity contribution in [3.63, 3.8) is 0 Å². The molecule has 0 N–H and O–H groups in total. The number of unbranched alkanes of at least 4 members (excludes halogenated alkanes) is 2. The van der Waals surface area contributed by atoms with E-state index in [1.54, 1.807) is 11.1 Å². The Morgan fingerprint density at radius 2 is 0.857 bits per heavy atom. The first-order chi connectivity index (χ1) is 13.8. The molecule has 0 spiro atoms. The van der Waals surface area contributed by atoms with Crippen LogP contribution in [0.2, 0.25) is 0 Å². The van der Waals surface area contributed by atoms with E-state index in [2.05, 4.69) is 62.4 Å². The number of hydrogen-bond donors (Lipinski definition) is 0. The van der Waals surface area contributed by atoms with Crippen LogP contribution in [0.15, 0.2) is 48.5 Å². The fourth-order valence-electron chi connectivity index (χ4n) is 4.75. The van der Waals surface area contributed by atoms with Gasteiger partial charge in [-0.15, -0.1) is 0 Å². The summed E-state index contributed by atoms with van der Waals surface area (Å²) in [6.07, 6.45) is 15.9. The van der Waals surface area contributed by atoms with Gasteiger partial charge in [0, 0.05) is 0 Å². The van der Waals surface area contributed by atoms with Crippen molar-refractivity contribution in [2.24, 2.45) is 11.8 Å². The maximum Gasteiger partial charge on any atom is -0.0250 e. The average molecular weight is 377 g/mol. The Kier molecular flexibility index (Phi) is 8.65. The average Bonchev–Trinajstić information content (AvgIpc) is 2.74. The summed E-state index contributed by atoms with van der Waals surface area (Å²) in [6, 6.07) is 19.0. The van der Waals surface area contributed by atoms with E-state index in [1.807, 2.05) is 0 Å². The maximum atomic E-state index is 2.39. The lowest BCUT2D eigenvalue weighted by Crippen LogP contribution is -2.18. The first-order valence-electron chi connectivity index (χ1n) is 11.9. The summed E-state index contributed by atoms with van der Waals surface area (Å²) in [5.74, 6) is 1.79. The van der Waals surface area contributed by atoms with E-state index in [-0.39, 0.29) is 0 Å². The summed E-state index contributed by atoms with van der Waals surface area (Å²) < 4.78 is 0. The normalized spacial score (nSPS) is 19.6. The molecular formula is C28H40. The van der Waals surface area contributed by atoms with Gasteiger partial charge in [-0.2, -0.15) is 0 Å². The van der Waals surface area contributed by atoms with Crippen molar-refractivity contribution in [3.05, 3.63) is 70.8 Å². The Balaban J connectivity index is 1.40. The highest BCUT2D eigenvalue weighted by Crippen LogP contribution is 2.33.